The summed E-state index contributed by atoms with van der Waals surface area (Å²) in [5.41, 5.74) is 2.50. The topological polar surface area (TPSA) is 29.5 Å². The summed E-state index contributed by atoms with van der Waals surface area (Å²) in [5, 5.41) is 9.10. The van der Waals surface area contributed by atoms with Gasteiger partial charge in [0.25, 0.3) is 0 Å². The summed E-state index contributed by atoms with van der Waals surface area (Å²) >= 11 is 0. The first-order valence-electron chi connectivity index (χ1n) is 5.54. The molecule has 2 nitrogen and oxygen atoms in total. The van der Waals surface area contributed by atoms with E-state index in [0.29, 0.717) is 13.0 Å². The summed E-state index contributed by atoms with van der Waals surface area (Å²) in [6.07, 6.45) is 1.43. The highest BCUT2D eigenvalue weighted by atomic mass is 16.5. The van der Waals surface area contributed by atoms with Crippen LogP contribution in [0.4, 0.5) is 0 Å². The van der Waals surface area contributed by atoms with E-state index in [1.54, 1.807) is 6.92 Å². The summed E-state index contributed by atoms with van der Waals surface area (Å²) in [6, 6.07) is 6.25. The van der Waals surface area contributed by atoms with Gasteiger partial charge in [-0.1, -0.05) is 19.1 Å². The first kappa shape index (κ1) is 12.1. The van der Waals surface area contributed by atoms with E-state index in [2.05, 4.69) is 26.0 Å². The van der Waals surface area contributed by atoms with E-state index in [1.165, 1.54) is 11.1 Å². The SMILES string of the molecule is CCc1ccc(OCCC(C)O)c(C)c1. The molecule has 84 valence electrons. The van der Waals surface area contributed by atoms with Crippen molar-refractivity contribution >= 4 is 0 Å². The lowest BCUT2D eigenvalue weighted by Gasteiger charge is -2.11. The van der Waals surface area contributed by atoms with Crippen LogP contribution in [-0.2, 0) is 6.42 Å². The molecule has 0 saturated carbocycles. The van der Waals surface area contributed by atoms with Crippen molar-refractivity contribution < 1.29 is 9.84 Å². The van der Waals surface area contributed by atoms with Gasteiger partial charge in [0.05, 0.1) is 12.7 Å². The van der Waals surface area contributed by atoms with Gasteiger partial charge in [-0.25, -0.2) is 0 Å². The Labute approximate surface area is 91.9 Å². The summed E-state index contributed by atoms with van der Waals surface area (Å²) in [5.74, 6) is 0.924. The van der Waals surface area contributed by atoms with Gasteiger partial charge in [-0.05, 0) is 37.5 Å². The lowest BCUT2D eigenvalue weighted by Crippen LogP contribution is -2.08. The maximum Gasteiger partial charge on any atom is 0.122 e. The molecule has 0 spiro atoms. The van der Waals surface area contributed by atoms with Crippen LogP contribution in [0, 0.1) is 6.92 Å². The molecule has 0 fully saturated rings. The van der Waals surface area contributed by atoms with Gasteiger partial charge in [-0.3, -0.25) is 0 Å². The monoisotopic (exact) mass is 208 g/mol. The van der Waals surface area contributed by atoms with Crippen molar-refractivity contribution in [2.45, 2.75) is 39.7 Å². The Morgan fingerprint density at radius 1 is 1.40 bits per heavy atom. The van der Waals surface area contributed by atoms with Crippen molar-refractivity contribution in [2.24, 2.45) is 0 Å². The lowest BCUT2D eigenvalue weighted by atomic mass is 10.1. The minimum atomic E-state index is -0.291. The number of aliphatic hydroxyl groups excluding tert-OH is 1. The Morgan fingerprint density at radius 3 is 2.67 bits per heavy atom. The first-order chi connectivity index (χ1) is 7.13. The van der Waals surface area contributed by atoms with E-state index in [9.17, 15) is 0 Å². The van der Waals surface area contributed by atoms with E-state index >= 15 is 0 Å². The molecular weight excluding hydrogens is 188 g/mol. The van der Waals surface area contributed by atoms with Gasteiger partial charge < -0.3 is 9.84 Å². The fraction of sp³-hybridized carbons (Fsp3) is 0.538. The molecule has 2 heteroatoms. The second-order valence-corrected chi connectivity index (χ2v) is 3.94. The van der Waals surface area contributed by atoms with Crippen molar-refractivity contribution in [3.63, 3.8) is 0 Å². The van der Waals surface area contributed by atoms with Gasteiger partial charge in [0.15, 0.2) is 0 Å². The molecule has 1 aromatic rings. The van der Waals surface area contributed by atoms with Crippen LogP contribution in [0.2, 0.25) is 0 Å². The molecule has 1 unspecified atom stereocenters. The molecule has 0 heterocycles. The van der Waals surface area contributed by atoms with Crippen LogP contribution < -0.4 is 4.74 Å². The lowest BCUT2D eigenvalue weighted by molar-refractivity contribution is 0.155. The van der Waals surface area contributed by atoms with Gasteiger partial charge in [0.1, 0.15) is 5.75 Å². The van der Waals surface area contributed by atoms with Crippen molar-refractivity contribution in [3.8, 4) is 5.75 Å². The third-order valence-electron chi connectivity index (χ3n) is 2.44. The summed E-state index contributed by atoms with van der Waals surface area (Å²) in [4.78, 5) is 0. The molecule has 0 aliphatic heterocycles. The average Bonchev–Trinajstić information content (AvgIpc) is 2.20. The number of benzene rings is 1. The molecule has 1 aromatic carbocycles. The van der Waals surface area contributed by atoms with Crippen molar-refractivity contribution in [1.29, 1.82) is 0 Å². The predicted octanol–water partition coefficient (Wildman–Crippen LogP) is 2.71. The highest BCUT2D eigenvalue weighted by molar-refractivity contribution is 5.36. The summed E-state index contributed by atoms with van der Waals surface area (Å²) in [6.45, 7) is 6.54. The highest BCUT2D eigenvalue weighted by Crippen LogP contribution is 2.19. The zero-order valence-electron chi connectivity index (χ0n) is 9.79. The fourth-order valence-corrected chi connectivity index (χ4v) is 1.43. The highest BCUT2D eigenvalue weighted by Gasteiger charge is 2.01. The molecule has 0 bridgehead atoms. The molecule has 15 heavy (non-hydrogen) atoms. The van der Waals surface area contributed by atoms with E-state index in [1.807, 2.05) is 6.07 Å². The minimum Gasteiger partial charge on any atom is -0.493 e. The largest absolute Gasteiger partial charge is 0.493 e. The van der Waals surface area contributed by atoms with Crippen molar-refractivity contribution in [1.82, 2.24) is 0 Å². The zero-order valence-corrected chi connectivity index (χ0v) is 9.79. The van der Waals surface area contributed by atoms with E-state index < -0.39 is 0 Å². The van der Waals surface area contributed by atoms with Crippen LogP contribution in [0.1, 0.15) is 31.4 Å². The second-order valence-electron chi connectivity index (χ2n) is 3.94. The minimum absolute atomic E-state index is 0.291. The van der Waals surface area contributed by atoms with E-state index in [-0.39, 0.29) is 6.10 Å². The molecule has 0 saturated heterocycles. The standard InChI is InChI=1S/C13H20O2/c1-4-12-5-6-13(10(2)9-12)15-8-7-11(3)14/h5-6,9,11,14H,4,7-8H2,1-3H3. The van der Waals surface area contributed by atoms with Crippen LogP contribution in [-0.4, -0.2) is 17.8 Å². The molecule has 0 aromatic heterocycles. The summed E-state index contributed by atoms with van der Waals surface area (Å²) in [7, 11) is 0. The first-order valence-corrected chi connectivity index (χ1v) is 5.54. The Morgan fingerprint density at radius 2 is 2.13 bits per heavy atom. The predicted molar refractivity (Wildman–Crippen MR) is 62.3 cm³/mol. The van der Waals surface area contributed by atoms with E-state index in [4.69, 9.17) is 9.84 Å². The maximum atomic E-state index is 9.10. The van der Waals surface area contributed by atoms with Gasteiger partial charge >= 0.3 is 0 Å². The summed E-state index contributed by atoms with van der Waals surface area (Å²) < 4.78 is 5.59. The number of ether oxygens (including phenoxy) is 1. The van der Waals surface area contributed by atoms with Crippen molar-refractivity contribution in [3.05, 3.63) is 29.3 Å². The molecule has 0 aliphatic carbocycles. The number of aliphatic hydroxyl groups is 1. The normalized spacial score (nSPS) is 12.5. The fourth-order valence-electron chi connectivity index (χ4n) is 1.43. The van der Waals surface area contributed by atoms with Crippen LogP contribution in [0.5, 0.6) is 5.75 Å². The Balaban J connectivity index is 2.54. The van der Waals surface area contributed by atoms with Crippen LogP contribution in [0.3, 0.4) is 0 Å². The molecule has 0 aliphatic rings. The Hall–Kier alpha value is -1.02. The second kappa shape index (κ2) is 5.76. The Kier molecular flexibility index (Phi) is 4.63. The van der Waals surface area contributed by atoms with Gasteiger partial charge in [0, 0.05) is 6.42 Å². The molecular formula is C13H20O2. The Bertz CT molecular complexity index is 305. The van der Waals surface area contributed by atoms with Crippen molar-refractivity contribution in [2.75, 3.05) is 6.61 Å². The number of rotatable bonds is 5. The van der Waals surface area contributed by atoms with Gasteiger partial charge in [-0.2, -0.15) is 0 Å². The van der Waals surface area contributed by atoms with Gasteiger partial charge in [0.2, 0.25) is 0 Å². The average molecular weight is 208 g/mol. The number of aryl methyl sites for hydroxylation is 2. The smallest absolute Gasteiger partial charge is 0.122 e. The van der Waals surface area contributed by atoms with Crippen LogP contribution in [0.25, 0.3) is 0 Å². The third kappa shape index (κ3) is 3.92. The van der Waals surface area contributed by atoms with Gasteiger partial charge in [-0.15, -0.1) is 0 Å². The van der Waals surface area contributed by atoms with Crippen LogP contribution in [0.15, 0.2) is 18.2 Å². The zero-order chi connectivity index (χ0) is 11.3. The molecule has 1 rings (SSSR count). The van der Waals surface area contributed by atoms with Crippen LogP contribution >= 0.6 is 0 Å². The maximum absolute atomic E-state index is 9.10. The van der Waals surface area contributed by atoms with E-state index in [0.717, 1.165) is 12.2 Å². The molecule has 1 N–H and O–H groups in total. The molecule has 1 atom stereocenters. The molecule has 0 amide bonds. The molecule has 0 radical (unpaired) electrons. The number of hydrogen-bond donors (Lipinski definition) is 1. The number of hydrogen-bond acceptors (Lipinski definition) is 2. The third-order valence-corrected chi connectivity index (χ3v) is 2.44. The quantitative estimate of drug-likeness (QED) is 0.806.